The van der Waals surface area contributed by atoms with Gasteiger partial charge in [0.2, 0.25) is 0 Å². The van der Waals surface area contributed by atoms with Crippen LogP contribution < -0.4 is 4.72 Å². The lowest BCUT2D eigenvalue weighted by atomic mass is 10.2. The van der Waals surface area contributed by atoms with Crippen molar-refractivity contribution in [2.75, 3.05) is 0 Å². The Balaban J connectivity index is 2.09. The van der Waals surface area contributed by atoms with Gasteiger partial charge in [-0.05, 0) is 17.7 Å². The first kappa shape index (κ1) is 13.6. The summed E-state index contributed by atoms with van der Waals surface area (Å²) in [4.78, 5) is 6.70. The molecular weight excluding hydrogens is 266 g/mol. The summed E-state index contributed by atoms with van der Waals surface area (Å²) < 4.78 is 26.4. The summed E-state index contributed by atoms with van der Waals surface area (Å²) in [6, 6.07) is 6.42. The van der Waals surface area contributed by atoms with E-state index in [0.717, 1.165) is 0 Å². The van der Waals surface area contributed by atoms with Crippen LogP contribution in [-0.4, -0.2) is 23.5 Å². The topological polar surface area (TPSA) is 95.1 Å². The number of phenolic OH excluding ortho intramolecular Hbond substituents is 1. The zero-order valence-corrected chi connectivity index (χ0v) is 11.2. The fourth-order valence-electron chi connectivity index (χ4n) is 1.58. The number of hydrogen-bond donors (Lipinski definition) is 3. The Labute approximate surface area is 111 Å². The second kappa shape index (κ2) is 5.41. The number of aromatic hydroxyl groups is 1. The zero-order valence-electron chi connectivity index (χ0n) is 10.4. The summed E-state index contributed by atoms with van der Waals surface area (Å²) in [5.74, 6) is 0.726. The molecule has 0 spiro atoms. The SMILES string of the molecule is CCc1ncc(S(=O)(=O)NCc2cccc(O)c2)[nH]1. The van der Waals surface area contributed by atoms with Gasteiger partial charge in [-0.15, -0.1) is 0 Å². The predicted octanol–water partition coefficient (Wildman–Crippen LogP) is 1.16. The van der Waals surface area contributed by atoms with Gasteiger partial charge in [-0.2, -0.15) is 0 Å². The minimum atomic E-state index is -3.61. The van der Waals surface area contributed by atoms with Crippen molar-refractivity contribution < 1.29 is 13.5 Å². The number of nitrogens with zero attached hydrogens (tertiary/aromatic N) is 1. The van der Waals surface area contributed by atoms with Gasteiger partial charge >= 0.3 is 0 Å². The molecule has 1 aromatic heterocycles. The molecule has 0 unspecified atom stereocenters. The van der Waals surface area contributed by atoms with Crippen molar-refractivity contribution in [3.63, 3.8) is 0 Å². The molecule has 0 atom stereocenters. The Morgan fingerprint density at radius 2 is 2.21 bits per heavy atom. The molecule has 2 aromatic rings. The van der Waals surface area contributed by atoms with Crippen LogP contribution in [0.2, 0.25) is 0 Å². The van der Waals surface area contributed by atoms with E-state index < -0.39 is 10.0 Å². The van der Waals surface area contributed by atoms with E-state index in [1.54, 1.807) is 12.1 Å². The smallest absolute Gasteiger partial charge is 0.257 e. The quantitative estimate of drug-likeness (QED) is 0.766. The fourth-order valence-corrected chi connectivity index (χ4v) is 2.54. The van der Waals surface area contributed by atoms with E-state index in [1.165, 1.54) is 18.3 Å². The van der Waals surface area contributed by atoms with Crippen LogP contribution in [0.5, 0.6) is 5.75 Å². The maximum atomic E-state index is 12.0. The highest BCUT2D eigenvalue weighted by Gasteiger charge is 2.16. The van der Waals surface area contributed by atoms with Gasteiger partial charge in [0.05, 0.1) is 6.20 Å². The Morgan fingerprint density at radius 1 is 1.42 bits per heavy atom. The molecule has 6 nitrogen and oxygen atoms in total. The van der Waals surface area contributed by atoms with Crippen LogP contribution in [-0.2, 0) is 23.0 Å². The van der Waals surface area contributed by atoms with Crippen LogP contribution in [0.15, 0.2) is 35.5 Å². The van der Waals surface area contributed by atoms with Crippen molar-refractivity contribution in [3.05, 3.63) is 41.9 Å². The Kier molecular flexibility index (Phi) is 3.87. The van der Waals surface area contributed by atoms with Gasteiger partial charge in [0.15, 0.2) is 5.03 Å². The number of phenols is 1. The maximum absolute atomic E-state index is 12.0. The number of imidazole rings is 1. The molecule has 0 bridgehead atoms. The molecule has 0 radical (unpaired) electrons. The molecule has 0 aliphatic rings. The lowest BCUT2D eigenvalue weighted by molar-refractivity contribution is 0.474. The first-order chi connectivity index (χ1) is 9.01. The number of aromatic amines is 1. The maximum Gasteiger partial charge on any atom is 0.257 e. The molecule has 0 aliphatic carbocycles. The molecule has 0 amide bonds. The van der Waals surface area contributed by atoms with E-state index in [9.17, 15) is 13.5 Å². The molecule has 2 rings (SSSR count). The number of aryl methyl sites for hydroxylation is 1. The first-order valence-electron chi connectivity index (χ1n) is 5.82. The Bertz CT molecular complexity index is 664. The largest absolute Gasteiger partial charge is 0.508 e. The average Bonchev–Trinajstić information content (AvgIpc) is 2.86. The summed E-state index contributed by atoms with van der Waals surface area (Å²) in [6.45, 7) is 1.99. The summed E-state index contributed by atoms with van der Waals surface area (Å²) in [5.41, 5.74) is 0.679. The van der Waals surface area contributed by atoms with Crippen molar-refractivity contribution in [2.24, 2.45) is 0 Å². The molecule has 19 heavy (non-hydrogen) atoms. The van der Waals surface area contributed by atoms with Crippen LogP contribution in [0.25, 0.3) is 0 Å². The van der Waals surface area contributed by atoms with Gasteiger partial charge in [0, 0.05) is 13.0 Å². The van der Waals surface area contributed by atoms with Crippen LogP contribution in [0.3, 0.4) is 0 Å². The molecule has 1 aromatic carbocycles. The van der Waals surface area contributed by atoms with Crippen LogP contribution in [0, 0.1) is 0 Å². The second-order valence-corrected chi connectivity index (χ2v) is 5.78. The molecule has 0 saturated carbocycles. The van der Waals surface area contributed by atoms with E-state index in [0.29, 0.717) is 17.8 Å². The monoisotopic (exact) mass is 281 g/mol. The highest BCUT2D eigenvalue weighted by atomic mass is 32.2. The van der Waals surface area contributed by atoms with Gasteiger partial charge in [-0.25, -0.2) is 18.1 Å². The summed E-state index contributed by atoms with van der Waals surface area (Å²) in [7, 11) is -3.61. The van der Waals surface area contributed by atoms with E-state index in [1.807, 2.05) is 6.92 Å². The molecule has 0 fully saturated rings. The van der Waals surface area contributed by atoms with Crippen molar-refractivity contribution in [2.45, 2.75) is 24.9 Å². The first-order valence-corrected chi connectivity index (χ1v) is 7.31. The number of nitrogens with one attached hydrogen (secondary N) is 2. The highest BCUT2D eigenvalue weighted by Crippen LogP contribution is 2.12. The third-order valence-corrected chi connectivity index (χ3v) is 3.92. The second-order valence-electron chi connectivity index (χ2n) is 4.04. The van der Waals surface area contributed by atoms with Crippen molar-refractivity contribution in [1.82, 2.24) is 14.7 Å². The van der Waals surface area contributed by atoms with Gasteiger partial charge in [0.25, 0.3) is 10.0 Å². The number of hydrogen-bond acceptors (Lipinski definition) is 4. The average molecular weight is 281 g/mol. The summed E-state index contributed by atoms with van der Waals surface area (Å²) in [5, 5.41) is 9.35. The van der Waals surface area contributed by atoms with E-state index in [-0.39, 0.29) is 17.3 Å². The number of aromatic nitrogens is 2. The molecule has 0 aliphatic heterocycles. The third-order valence-electron chi connectivity index (χ3n) is 2.61. The summed E-state index contributed by atoms with van der Waals surface area (Å²) >= 11 is 0. The molecule has 7 heteroatoms. The molecule has 1 heterocycles. The molecule has 3 N–H and O–H groups in total. The normalized spacial score (nSPS) is 11.6. The number of H-pyrrole nitrogens is 1. The van der Waals surface area contributed by atoms with Gasteiger partial charge < -0.3 is 10.1 Å². The minimum Gasteiger partial charge on any atom is -0.508 e. The fraction of sp³-hybridized carbons (Fsp3) is 0.250. The third kappa shape index (κ3) is 3.33. The van der Waals surface area contributed by atoms with E-state index in [4.69, 9.17) is 0 Å². The van der Waals surface area contributed by atoms with E-state index >= 15 is 0 Å². The molecular formula is C12H15N3O3S. The van der Waals surface area contributed by atoms with Crippen LogP contribution in [0.1, 0.15) is 18.3 Å². The zero-order chi connectivity index (χ0) is 13.9. The lowest BCUT2D eigenvalue weighted by Gasteiger charge is -2.05. The number of benzene rings is 1. The van der Waals surface area contributed by atoms with Gasteiger partial charge in [-0.1, -0.05) is 19.1 Å². The van der Waals surface area contributed by atoms with Crippen LogP contribution >= 0.6 is 0 Å². The number of rotatable bonds is 5. The molecule has 0 saturated heterocycles. The minimum absolute atomic E-state index is 0.0458. The highest BCUT2D eigenvalue weighted by molar-refractivity contribution is 7.89. The van der Waals surface area contributed by atoms with Gasteiger partial charge in [-0.3, -0.25) is 0 Å². The molecule has 102 valence electrons. The standard InChI is InChI=1S/C12H15N3O3S/c1-2-11-13-8-12(15-11)19(17,18)14-7-9-4-3-5-10(16)6-9/h3-6,8,14,16H,2,7H2,1H3,(H,13,15). The Hall–Kier alpha value is -1.86. The predicted molar refractivity (Wildman–Crippen MR) is 70.1 cm³/mol. The van der Waals surface area contributed by atoms with Crippen molar-refractivity contribution in [1.29, 1.82) is 0 Å². The van der Waals surface area contributed by atoms with E-state index in [2.05, 4.69) is 14.7 Å². The lowest BCUT2D eigenvalue weighted by Crippen LogP contribution is -2.23. The van der Waals surface area contributed by atoms with Crippen molar-refractivity contribution in [3.8, 4) is 5.75 Å². The Morgan fingerprint density at radius 3 is 2.84 bits per heavy atom. The van der Waals surface area contributed by atoms with Crippen LogP contribution in [0.4, 0.5) is 0 Å². The van der Waals surface area contributed by atoms with Gasteiger partial charge in [0.1, 0.15) is 11.6 Å². The van der Waals surface area contributed by atoms with Crippen molar-refractivity contribution >= 4 is 10.0 Å². The number of sulfonamides is 1. The summed E-state index contributed by atoms with van der Waals surface area (Å²) in [6.07, 6.45) is 1.94.